The van der Waals surface area contributed by atoms with E-state index < -0.39 is 36.5 Å². The molecule has 8 heteroatoms. The molecule has 1 aromatic rings. The summed E-state index contributed by atoms with van der Waals surface area (Å²) >= 11 is 0. The van der Waals surface area contributed by atoms with Gasteiger partial charge in [-0.2, -0.15) is 0 Å². The van der Waals surface area contributed by atoms with Gasteiger partial charge in [0.15, 0.2) is 6.10 Å². The number of hydrogen-bond donors (Lipinski definition) is 2. The Kier molecular flexibility index (Phi) is 6.91. The molecule has 8 nitrogen and oxygen atoms in total. The third-order valence-corrected chi connectivity index (χ3v) is 3.25. The third-order valence-electron chi connectivity index (χ3n) is 3.25. The molecule has 2 N–H and O–H groups in total. The van der Waals surface area contributed by atoms with Crippen LogP contribution in [0.1, 0.15) is 28.4 Å². The number of benzene rings is 1. The Balaban J connectivity index is 2.47. The molecule has 24 heavy (non-hydrogen) atoms. The highest BCUT2D eigenvalue weighted by atomic mass is 16.6. The van der Waals surface area contributed by atoms with Crippen LogP contribution in [-0.2, 0) is 19.1 Å². The van der Waals surface area contributed by atoms with Crippen LogP contribution in [0.2, 0.25) is 0 Å². The van der Waals surface area contributed by atoms with Gasteiger partial charge in [0.25, 0.3) is 11.8 Å². The summed E-state index contributed by atoms with van der Waals surface area (Å²) in [6.45, 7) is 4.69. The van der Waals surface area contributed by atoms with Crippen molar-refractivity contribution < 1.29 is 28.7 Å². The molecule has 0 heterocycles. The average Bonchev–Trinajstić information content (AvgIpc) is 2.54. The van der Waals surface area contributed by atoms with Crippen molar-refractivity contribution in [2.45, 2.75) is 26.9 Å². The summed E-state index contributed by atoms with van der Waals surface area (Å²) in [4.78, 5) is 46.0. The van der Waals surface area contributed by atoms with Crippen LogP contribution in [-0.4, -0.2) is 43.6 Å². The van der Waals surface area contributed by atoms with Crippen LogP contribution in [0.15, 0.2) is 18.2 Å². The number of carbonyl (C=O) groups is 4. The van der Waals surface area contributed by atoms with Gasteiger partial charge < -0.3 is 14.8 Å². The molecule has 0 saturated carbocycles. The molecule has 0 unspecified atom stereocenters. The van der Waals surface area contributed by atoms with E-state index in [1.807, 2.05) is 25.2 Å². The zero-order chi connectivity index (χ0) is 18.3. The van der Waals surface area contributed by atoms with Crippen molar-refractivity contribution >= 4 is 23.9 Å². The first-order valence-corrected chi connectivity index (χ1v) is 7.18. The summed E-state index contributed by atoms with van der Waals surface area (Å²) < 4.78 is 9.07. The molecule has 3 amide bonds. The predicted octanol–water partition coefficient (Wildman–Crippen LogP) is 0.848. The van der Waals surface area contributed by atoms with Crippen molar-refractivity contribution in [1.82, 2.24) is 10.6 Å². The van der Waals surface area contributed by atoms with E-state index in [9.17, 15) is 19.2 Å². The minimum absolute atomic E-state index is 0.401. The molecule has 0 aliphatic carbocycles. The molecule has 1 atom stereocenters. The van der Waals surface area contributed by atoms with Crippen LogP contribution >= 0.6 is 0 Å². The lowest BCUT2D eigenvalue weighted by Crippen LogP contribution is -2.41. The number of hydrogen-bond acceptors (Lipinski definition) is 6. The number of esters is 1. The van der Waals surface area contributed by atoms with Gasteiger partial charge in [-0.3, -0.25) is 19.7 Å². The highest BCUT2D eigenvalue weighted by Gasteiger charge is 2.20. The maximum absolute atomic E-state index is 12.0. The molecule has 0 spiro atoms. The summed E-state index contributed by atoms with van der Waals surface area (Å²) in [6.07, 6.45) is -2.15. The van der Waals surface area contributed by atoms with E-state index in [-0.39, 0.29) is 0 Å². The van der Waals surface area contributed by atoms with Crippen molar-refractivity contribution in [2.24, 2.45) is 0 Å². The summed E-state index contributed by atoms with van der Waals surface area (Å²) in [5, 5.41) is 4.28. The van der Waals surface area contributed by atoms with Crippen LogP contribution in [0.25, 0.3) is 0 Å². The minimum atomic E-state index is -1.20. The molecule has 0 aromatic heterocycles. The Morgan fingerprint density at radius 2 is 1.79 bits per heavy atom. The Morgan fingerprint density at radius 1 is 1.12 bits per heavy atom. The predicted molar refractivity (Wildman–Crippen MR) is 84.4 cm³/mol. The van der Waals surface area contributed by atoms with E-state index in [4.69, 9.17) is 4.74 Å². The Bertz CT molecular complexity index is 656. The number of rotatable bonds is 5. The van der Waals surface area contributed by atoms with Crippen LogP contribution in [0, 0.1) is 13.8 Å². The first-order valence-electron chi connectivity index (χ1n) is 7.18. The van der Waals surface area contributed by atoms with Gasteiger partial charge in [-0.05, 0) is 44.0 Å². The van der Waals surface area contributed by atoms with Gasteiger partial charge in [0.2, 0.25) is 0 Å². The van der Waals surface area contributed by atoms with Crippen molar-refractivity contribution in [3.8, 4) is 0 Å². The smallest absolute Gasteiger partial charge is 0.413 e. The zero-order valence-corrected chi connectivity index (χ0v) is 14.0. The maximum Gasteiger partial charge on any atom is 0.413 e. The van der Waals surface area contributed by atoms with Gasteiger partial charge in [0.1, 0.15) is 6.54 Å². The first kappa shape index (κ1) is 19.1. The third kappa shape index (κ3) is 5.71. The second kappa shape index (κ2) is 8.66. The molecule has 1 rings (SSSR count). The quantitative estimate of drug-likeness (QED) is 0.771. The topological polar surface area (TPSA) is 111 Å². The van der Waals surface area contributed by atoms with E-state index in [2.05, 4.69) is 10.1 Å². The van der Waals surface area contributed by atoms with Crippen molar-refractivity contribution in [3.05, 3.63) is 34.9 Å². The molecular formula is C16H20N2O6. The van der Waals surface area contributed by atoms with Gasteiger partial charge in [-0.15, -0.1) is 0 Å². The van der Waals surface area contributed by atoms with Crippen molar-refractivity contribution in [3.63, 3.8) is 0 Å². The number of amides is 3. The van der Waals surface area contributed by atoms with Gasteiger partial charge >= 0.3 is 12.1 Å². The molecule has 0 saturated heterocycles. The summed E-state index contributed by atoms with van der Waals surface area (Å²) in [5.74, 6) is -2.06. The SMILES string of the molecule is COC(=O)NC(=O)[C@H](C)OC(=O)CNC(=O)c1ccc(C)c(C)c1. The molecule has 0 bridgehead atoms. The molecule has 130 valence electrons. The number of ether oxygens (including phenoxy) is 2. The average molecular weight is 336 g/mol. The summed E-state index contributed by atoms with van der Waals surface area (Å²) in [6, 6.07) is 5.17. The van der Waals surface area contributed by atoms with Crippen LogP contribution in [0.5, 0.6) is 0 Å². The fourth-order valence-electron chi connectivity index (χ4n) is 1.68. The summed E-state index contributed by atoms with van der Waals surface area (Å²) in [5.41, 5.74) is 2.43. The first-order chi connectivity index (χ1) is 11.2. The molecule has 0 aliphatic heterocycles. The van der Waals surface area contributed by atoms with Gasteiger partial charge in [0.05, 0.1) is 7.11 Å². The van der Waals surface area contributed by atoms with Crippen molar-refractivity contribution in [1.29, 1.82) is 0 Å². The molecule has 1 aromatic carbocycles. The molecular weight excluding hydrogens is 316 g/mol. The lowest BCUT2D eigenvalue weighted by molar-refractivity contribution is -0.153. The van der Waals surface area contributed by atoms with E-state index in [1.165, 1.54) is 6.92 Å². The van der Waals surface area contributed by atoms with Gasteiger partial charge in [0, 0.05) is 5.56 Å². The summed E-state index contributed by atoms with van der Waals surface area (Å²) in [7, 11) is 1.10. The van der Waals surface area contributed by atoms with Crippen LogP contribution in [0.3, 0.4) is 0 Å². The van der Waals surface area contributed by atoms with Gasteiger partial charge in [-0.1, -0.05) is 6.07 Å². The monoisotopic (exact) mass is 336 g/mol. The number of alkyl carbamates (subject to hydrolysis) is 1. The van der Waals surface area contributed by atoms with Crippen molar-refractivity contribution in [2.75, 3.05) is 13.7 Å². The van der Waals surface area contributed by atoms with E-state index in [0.29, 0.717) is 5.56 Å². The van der Waals surface area contributed by atoms with Gasteiger partial charge in [-0.25, -0.2) is 4.79 Å². The number of nitrogens with one attached hydrogen (secondary N) is 2. The minimum Gasteiger partial charge on any atom is -0.453 e. The molecule has 0 aliphatic rings. The fraction of sp³-hybridized carbons (Fsp3) is 0.375. The maximum atomic E-state index is 12.0. The second-order valence-corrected chi connectivity index (χ2v) is 5.09. The Morgan fingerprint density at radius 3 is 2.38 bits per heavy atom. The highest BCUT2D eigenvalue weighted by Crippen LogP contribution is 2.09. The number of aryl methyl sites for hydroxylation is 2. The van der Waals surface area contributed by atoms with Crippen LogP contribution < -0.4 is 10.6 Å². The molecule has 0 fully saturated rings. The number of methoxy groups -OCH3 is 1. The van der Waals surface area contributed by atoms with E-state index in [1.54, 1.807) is 12.1 Å². The molecule has 0 radical (unpaired) electrons. The van der Waals surface area contributed by atoms with E-state index in [0.717, 1.165) is 18.2 Å². The fourth-order valence-corrected chi connectivity index (χ4v) is 1.68. The lowest BCUT2D eigenvalue weighted by atomic mass is 10.1. The van der Waals surface area contributed by atoms with E-state index >= 15 is 0 Å². The highest BCUT2D eigenvalue weighted by molar-refractivity contribution is 5.97. The zero-order valence-electron chi connectivity index (χ0n) is 14.0. The Labute approximate surface area is 139 Å². The number of carbonyl (C=O) groups excluding carboxylic acids is 4. The number of imide groups is 1. The largest absolute Gasteiger partial charge is 0.453 e. The second-order valence-electron chi connectivity index (χ2n) is 5.09. The van der Waals surface area contributed by atoms with Crippen LogP contribution in [0.4, 0.5) is 4.79 Å². The lowest BCUT2D eigenvalue weighted by Gasteiger charge is -2.13. The normalized spacial score (nSPS) is 11.2. The standard InChI is InChI=1S/C16H20N2O6/c1-9-5-6-12(7-10(9)2)15(21)17-8-13(19)24-11(3)14(20)18-16(22)23-4/h5-7,11H,8H2,1-4H3,(H,17,21)(H,18,20,22)/t11-/m0/s1. The Hall–Kier alpha value is -2.90.